The van der Waals surface area contributed by atoms with E-state index in [9.17, 15) is 8.42 Å². The van der Waals surface area contributed by atoms with Crippen molar-refractivity contribution in [2.24, 2.45) is 5.73 Å². The van der Waals surface area contributed by atoms with Crippen molar-refractivity contribution >= 4 is 26.0 Å². The van der Waals surface area contributed by atoms with E-state index in [2.05, 4.69) is 15.9 Å². The lowest BCUT2D eigenvalue weighted by atomic mass is 10.1. The summed E-state index contributed by atoms with van der Waals surface area (Å²) in [5, 5.41) is 0. The highest BCUT2D eigenvalue weighted by molar-refractivity contribution is 9.10. The van der Waals surface area contributed by atoms with Crippen LogP contribution in [0.4, 0.5) is 0 Å². The maximum absolute atomic E-state index is 12.6. The number of halogens is 1. The first-order valence-corrected chi connectivity index (χ1v) is 8.27. The Morgan fingerprint density at radius 2 is 2.21 bits per heavy atom. The normalized spacial score (nSPS) is 21.3. The van der Waals surface area contributed by atoms with Crippen LogP contribution in [0.3, 0.4) is 0 Å². The highest BCUT2D eigenvalue weighted by Gasteiger charge is 2.30. The van der Waals surface area contributed by atoms with Gasteiger partial charge in [0.15, 0.2) is 0 Å². The molecule has 1 heterocycles. The van der Waals surface area contributed by atoms with E-state index >= 15 is 0 Å². The Balaban J connectivity index is 2.33. The molecule has 0 amide bonds. The van der Waals surface area contributed by atoms with E-state index in [0.29, 0.717) is 23.3 Å². The predicted octanol–water partition coefficient (Wildman–Crippen LogP) is 1.57. The lowest BCUT2D eigenvalue weighted by Gasteiger charge is -2.30. The van der Waals surface area contributed by atoms with Crippen molar-refractivity contribution in [1.82, 2.24) is 4.31 Å². The van der Waals surface area contributed by atoms with Gasteiger partial charge in [-0.15, -0.1) is 0 Å². The van der Waals surface area contributed by atoms with Gasteiger partial charge in [0, 0.05) is 23.6 Å². The standard InChI is InChI=1S/C12H17BrN2O3S/c1-18-10-4-5-12(11(13)7-10)19(16,17)15-6-2-3-9(14)8-15/h4-5,7,9H,2-3,6,8,14H2,1H3/t9-/m1/s1. The third-order valence-electron chi connectivity index (χ3n) is 3.18. The molecule has 0 bridgehead atoms. The Kier molecular flexibility index (Phi) is 4.50. The molecular formula is C12H17BrN2O3S. The number of ether oxygens (including phenoxy) is 1. The summed E-state index contributed by atoms with van der Waals surface area (Å²) in [5.41, 5.74) is 5.85. The highest BCUT2D eigenvalue weighted by Crippen LogP contribution is 2.29. The molecule has 0 spiro atoms. The molecule has 0 aliphatic carbocycles. The second-order valence-electron chi connectivity index (χ2n) is 4.56. The van der Waals surface area contributed by atoms with E-state index in [1.165, 1.54) is 4.31 Å². The molecule has 5 nitrogen and oxygen atoms in total. The number of methoxy groups -OCH3 is 1. The molecule has 0 aromatic heterocycles. The van der Waals surface area contributed by atoms with Crippen LogP contribution in [-0.2, 0) is 10.0 Å². The zero-order chi connectivity index (χ0) is 14.0. The van der Waals surface area contributed by atoms with Gasteiger partial charge in [-0.05, 0) is 47.0 Å². The number of rotatable bonds is 3. The summed E-state index contributed by atoms with van der Waals surface area (Å²) in [6.45, 7) is 0.898. The minimum absolute atomic E-state index is 0.0828. The minimum atomic E-state index is -3.50. The van der Waals surface area contributed by atoms with Crippen molar-refractivity contribution in [2.45, 2.75) is 23.8 Å². The molecule has 1 fully saturated rings. The molecule has 0 unspecified atom stereocenters. The van der Waals surface area contributed by atoms with E-state index in [1.807, 2.05) is 0 Å². The van der Waals surface area contributed by atoms with Gasteiger partial charge >= 0.3 is 0 Å². The summed E-state index contributed by atoms with van der Waals surface area (Å²) >= 11 is 3.29. The summed E-state index contributed by atoms with van der Waals surface area (Å²) in [6.07, 6.45) is 1.67. The van der Waals surface area contributed by atoms with E-state index in [0.717, 1.165) is 12.8 Å². The molecule has 106 valence electrons. The topological polar surface area (TPSA) is 72.6 Å². The molecule has 2 N–H and O–H groups in total. The summed E-state index contributed by atoms with van der Waals surface area (Å²) in [6, 6.07) is 4.76. The minimum Gasteiger partial charge on any atom is -0.497 e. The first kappa shape index (κ1) is 14.8. The molecule has 2 rings (SSSR count). The fourth-order valence-corrected chi connectivity index (χ4v) is 4.70. The Morgan fingerprint density at radius 1 is 1.47 bits per heavy atom. The Hall–Kier alpha value is -0.630. The van der Waals surface area contributed by atoms with Crippen LogP contribution < -0.4 is 10.5 Å². The van der Waals surface area contributed by atoms with Gasteiger partial charge in [0.25, 0.3) is 0 Å². The van der Waals surface area contributed by atoms with Gasteiger partial charge in [-0.1, -0.05) is 0 Å². The van der Waals surface area contributed by atoms with Gasteiger partial charge in [-0.2, -0.15) is 4.31 Å². The molecule has 1 aromatic rings. The largest absolute Gasteiger partial charge is 0.497 e. The molecule has 1 aromatic carbocycles. The van der Waals surface area contributed by atoms with Crippen LogP contribution in [0, 0.1) is 0 Å². The first-order valence-electron chi connectivity index (χ1n) is 6.04. The lowest BCUT2D eigenvalue weighted by Crippen LogP contribution is -2.45. The second-order valence-corrected chi connectivity index (χ2v) is 7.32. The van der Waals surface area contributed by atoms with Crippen molar-refractivity contribution < 1.29 is 13.2 Å². The van der Waals surface area contributed by atoms with Gasteiger partial charge in [0.1, 0.15) is 5.75 Å². The third kappa shape index (κ3) is 3.10. The third-order valence-corrected chi connectivity index (χ3v) is 6.02. The molecule has 1 saturated heterocycles. The van der Waals surface area contributed by atoms with Crippen LogP contribution in [0.5, 0.6) is 5.75 Å². The van der Waals surface area contributed by atoms with Crippen molar-refractivity contribution in [3.05, 3.63) is 22.7 Å². The van der Waals surface area contributed by atoms with E-state index < -0.39 is 10.0 Å². The first-order chi connectivity index (χ1) is 8.95. The molecule has 1 aliphatic heterocycles. The number of hydrogen-bond donors (Lipinski definition) is 1. The summed E-state index contributed by atoms with van der Waals surface area (Å²) in [5.74, 6) is 0.612. The van der Waals surface area contributed by atoms with Crippen LogP contribution >= 0.6 is 15.9 Å². The average molecular weight is 349 g/mol. The quantitative estimate of drug-likeness (QED) is 0.899. The van der Waals surface area contributed by atoms with E-state index in [-0.39, 0.29) is 10.9 Å². The summed E-state index contributed by atoms with van der Waals surface area (Å²) in [7, 11) is -1.96. The monoisotopic (exact) mass is 348 g/mol. The van der Waals surface area contributed by atoms with Gasteiger partial charge in [-0.25, -0.2) is 8.42 Å². The van der Waals surface area contributed by atoms with Crippen molar-refractivity contribution in [3.8, 4) is 5.75 Å². The van der Waals surface area contributed by atoms with E-state index in [4.69, 9.17) is 10.5 Å². The number of hydrogen-bond acceptors (Lipinski definition) is 4. The van der Waals surface area contributed by atoms with Crippen molar-refractivity contribution in [1.29, 1.82) is 0 Å². The summed E-state index contributed by atoms with van der Waals surface area (Å²) in [4.78, 5) is 0.252. The Labute approximate surface area is 121 Å². The molecule has 0 radical (unpaired) electrons. The van der Waals surface area contributed by atoms with Crippen LogP contribution in [0.1, 0.15) is 12.8 Å². The Morgan fingerprint density at radius 3 is 2.79 bits per heavy atom. The molecule has 7 heteroatoms. The molecule has 1 aliphatic rings. The molecule has 0 saturated carbocycles. The molecule has 1 atom stereocenters. The Bertz CT molecular complexity index is 562. The fourth-order valence-electron chi connectivity index (χ4n) is 2.15. The zero-order valence-corrected chi connectivity index (χ0v) is 13.1. The fraction of sp³-hybridized carbons (Fsp3) is 0.500. The number of benzene rings is 1. The second kappa shape index (κ2) is 5.78. The number of nitrogens with two attached hydrogens (primary N) is 1. The van der Waals surface area contributed by atoms with Gasteiger partial charge in [0.2, 0.25) is 10.0 Å². The smallest absolute Gasteiger partial charge is 0.244 e. The van der Waals surface area contributed by atoms with Crippen molar-refractivity contribution in [2.75, 3.05) is 20.2 Å². The van der Waals surface area contributed by atoms with Gasteiger partial charge in [-0.3, -0.25) is 0 Å². The van der Waals surface area contributed by atoms with Gasteiger partial charge < -0.3 is 10.5 Å². The number of sulfonamides is 1. The summed E-state index contributed by atoms with van der Waals surface area (Å²) < 4.78 is 32.1. The number of nitrogens with zero attached hydrogens (tertiary/aromatic N) is 1. The van der Waals surface area contributed by atoms with Gasteiger partial charge in [0.05, 0.1) is 12.0 Å². The van der Waals surface area contributed by atoms with Crippen molar-refractivity contribution in [3.63, 3.8) is 0 Å². The zero-order valence-electron chi connectivity index (χ0n) is 10.7. The molecular weight excluding hydrogens is 332 g/mol. The SMILES string of the molecule is COc1ccc(S(=O)(=O)N2CCC[C@@H](N)C2)c(Br)c1. The lowest BCUT2D eigenvalue weighted by molar-refractivity contribution is 0.316. The average Bonchev–Trinajstić information content (AvgIpc) is 2.38. The van der Waals surface area contributed by atoms with Crippen LogP contribution in [-0.4, -0.2) is 39.0 Å². The van der Waals surface area contributed by atoms with Crippen LogP contribution in [0.25, 0.3) is 0 Å². The maximum Gasteiger partial charge on any atom is 0.244 e. The maximum atomic E-state index is 12.6. The van der Waals surface area contributed by atoms with E-state index in [1.54, 1.807) is 25.3 Å². The molecule has 19 heavy (non-hydrogen) atoms. The highest BCUT2D eigenvalue weighted by atomic mass is 79.9. The van der Waals surface area contributed by atoms with Crippen LogP contribution in [0.15, 0.2) is 27.6 Å². The van der Waals surface area contributed by atoms with Crippen LogP contribution in [0.2, 0.25) is 0 Å². The predicted molar refractivity (Wildman–Crippen MR) is 76.7 cm³/mol. The number of piperidine rings is 1.